The number of carbonyl (C=O) groups excluding carboxylic acids is 3. The van der Waals surface area contributed by atoms with Gasteiger partial charge in [-0.25, -0.2) is 0 Å². The number of anilines is 2. The van der Waals surface area contributed by atoms with Crippen molar-refractivity contribution in [2.75, 3.05) is 36.5 Å². The monoisotopic (exact) mass is 518 g/mol. The van der Waals surface area contributed by atoms with Crippen LogP contribution in [0.15, 0.2) is 54.6 Å². The van der Waals surface area contributed by atoms with Crippen LogP contribution in [-0.2, 0) is 14.4 Å². The first kappa shape index (κ1) is 27.7. The molecular weight excluding hydrogens is 476 g/mol. The molecule has 2 saturated heterocycles. The maximum Gasteiger partial charge on any atom is 0.250 e. The summed E-state index contributed by atoms with van der Waals surface area (Å²) < 4.78 is 0. The van der Waals surface area contributed by atoms with E-state index in [0.29, 0.717) is 44.9 Å². The molecule has 3 amide bonds. The molecule has 1 unspecified atom stereocenters. The second kappa shape index (κ2) is 11.2. The number of piperidine rings is 1. The molecule has 2 aromatic rings. The van der Waals surface area contributed by atoms with Crippen molar-refractivity contribution in [3.63, 3.8) is 0 Å². The summed E-state index contributed by atoms with van der Waals surface area (Å²) in [5.74, 6) is 0.237. The molecular formula is C31H42N4O3. The van der Waals surface area contributed by atoms with Crippen LogP contribution in [-0.4, -0.2) is 59.4 Å². The largest absolute Gasteiger partial charge is 0.342 e. The molecule has 1 spiro atoms. The van der Waals surface area contributed by atoms with Crippen LogP contribution >= 0.6 is 0 Å². The molecule has 2 heterocycles. The minimum absolute atomic E-state index is 0.00911. The lowest BCUT2D eigenvalue weighted by Gasteiger charge is -2.43. The van der Waals surface area contributed by atoms with Gasteiger partial charge in [0.1, 0.15) is 12.1 Å². The van der Waals surface area contributed by atoms with Crippen molar-refractivity contribution < 1.29 is 14.4 Å². The summed E-state index contributed by atoms with van der Waals surface area (Å²) in [5, 5.41) is 2.93. The van der Waals surface area contributed by atoms with Crippen LogP contribution in [0.4, 0.5) is 11.4 Å². The molecule has 7 nitrogen and oxygen atoms in total. The van der Waals surface area contributed by atoms with Gasteiger partial charge >= 0.3 is 0 Å². The highest BCUT2D eigenvalue weighted by Crippen LogP contribution is 2.40. The third-order valence-corrected chi connectivity index (χ3v) is 7.65. The van der Waals surface area contributed by atoms with Gasteiger partial charge in [-0.15, -0.1) is 0 Å². The molecule has 1 atom stereocenters. The predicted molar refractivity (Wildman–Crippen MR) is 152 cm³/mol. The topological polar surface area (TPSA) is 73.0 Å². The number of hydrogen-bond donors (Lipinski definition) is 1. The fourth-order valence-corrected chi connectivity index (χ4v) is 6.09. The van der Waals surface area contributed by atoms with Gasteiger partial charge in [-0.2, -0.15) is 0 Å². The van der Waals surface area contributed by atoms with Crippen molar-refractivity contribution in [1.82, 2.24) is 9.80 Å². The minimum Gasteiger partial charge on any atom is -0.342 e. The van der Waals surface area contributed by atoms with Crippen molar-refractivity contribution in [3.05, 3.63) is 60.2 Å². The number of aryl methyl sites for hydroxylation is 1. The number of hydrogen-bond acceptors (Lipinski definition) is 4. The van der Waals surface area contributed by atoms with E-state index in [9.17, 15) is 14.4 Å². The smallest absolute Gasteiger partial charge is 0.250 e. The number of para-hydroxylation sites is 1. The maximum absolute atomic E-state index is 13.9. The molecule has 4 rings (SSSR count). The Morgan fingerprint density at radius 1 is 1.03 bits per heavy atom. The van der Waals surface area contributed by atoms with Gasteiger partial charge in [0.2, 0.25) is 11.8 Å². The molecule has 0 aliphatic carbocycles. The number of amides is 3. The highest BCUT2D eigenvalue weighted by atomic mass is 16.2. The standard InChI is InChI=1S/C31H42N4O3/c1-23-10-9-11-25(18-23)32-27(36)21-34-22-35(26-12-7-6-8-13-26)31(29(34)38)14-16-33(17-15-31)28(37)19-24(2)20-30(3,4)5/h6-13,18,24H,14-17,19-22H2,1-5H3,(H,32,36). The van der Waals surface area contributed by atoms with E-state index in [0.717, 1.165) is 23.4 Å². The summed E-state index contributed by atoms with van der Waals surface area (Å²) in [6.45, 7) is 12.2. The van der Waals surface area contributed by atoms with Gasteiger partial charge in [0.05, 0.1) is 6.67 Å². The summed E-state index contributed by atoms with van der Waals surface area (Å²) in [5.41, 5.74) is 2.18. The van der Waals surface area contributed by atoms with E-state index in [1.165, 1.54) is 0 Å². The Morgan fingerprint density at radius 2 is 1.71 bits per heavy atom. The lowest BCUT2D eigenvalue weighted by atomic mass is 9.83. The van der Waals surface area contributed by atoms with Crippen LogP contribution < -0.4 is 10.2 Å². The molecule has 0 bridgehead atoms. The average molecular weight is 519 g/mol. The average Bonchev–Trinajstić information content (AvgIpc) is 3.09. The lowest BCUT2D eigenvalue weighted by Crippen LogP contribution is -2.57. The summed E-state index contributed by atoms with van der Waals surface area (Å²) >= 11 is 0. The van der Waals surface area contributed by atoms with Gasteiger partial charge < -0.3 is 20.0 Å². The molecule has 1 N–H and O–H groups in total. The molecule has 0 saturated carbocycles. The number of carbonyl (C=O) groups is 3. The van der Waals surface area contributed by atoms with Crippen LogP contribution in [0.25, 0.3) is 0 Å². The van der Waals surface area contributed by atoms with Crippen LogP contribution in [0.3, 0.4) is 0 Å². The minimum atomic E-state index is -0.751. The summed E-state index contributed by atoms with van der Waals surface area (Å²) in [4.78, 5) is 45.6. The molecule has 38 heavy (non-hydrogen) atoms. The molecule has 2 aliphatic heterocycles. The summed E-state index contributed by atoms with van der Waals surface area (Å²) in [6.07, 6.45) is 2.63. The van der Waals surface area contributed by atoms with Gasteiger partial charge in [0, 0.05) is 30.9 Å². The van der Waals surface area contributed by atoms with E-state index < -0.39 is 5.54 Å². The normalized spacial score (nSPS) is 18.1. The number of benzene rings is 2. The molecule has 2 fully saturated rings. The fourth-order valence-electron chi connectivity index (χ4n) is 6.09. The van der Waals surface area contributed by atoms with Crippen LogP contribution in [0.2, 0.25) is 0 Å². The van der Waals surface area contributed by atoms with Crippen LogP contribution in [0.1, 0.15) is 58.9 Å². The van der Waals surface area contributed by atoms with Crippen molar-refractivity contribution in [2.45, 2.75) is 65.8 Å². The van der Waals surface area contributed by atoms with Crippen molar-refractivity contribution in [3.8, 4) is 0 Å². The maximum atomic E-state index is 13.9. The first-order valence-corrected chi connectivity index (χ1v) is 13.7. The zero-order valence-corrected chi connectivity index (χ0v) is 23.5. The lowest BCUT2D eigenvalue weighted by molar-refractivity contribution is -0.139. The Bertz CT molecular complexity index is 1150. The molecule has 0 aromatic heterocycles. The van der Waals surface area contributed by atoms with Crippen LogP contribution in [0.5, 0.6) is 0 Å². The van der Waals surface area contributed by atoms with E-state index in [4.69, 9.17) is 0 Å². The fraction of sp³-hybridized carbons (Fsp3) is 0.516. The quantitative estimate of drug-likeness (QED) is 0.556. The van der Waals surface area contributed by atoms with E-state index in [2.05, 4.69) is 37.9 Å². The van der Waals surface area contributed by atoms with E-state index >= 15 is 0 Å². The molecule has 7 heteroatoms. The first-order chi connectivity index (χ1) is 18.0. The SMILES string of the molecule is Cc1cccc(NC(=O)CN2CN(c3ccccc3)C3(CCN(C(=O)CC(C)CC(C)(C)C)CC3)C2=O)c1. The molecule has 204 valence electrons. The Labute approximate surface area is 227 Å². The van der Waals surface area contributed by atoms with E-state index in [-0.39, 0.29) is 29.7 Å². The number of likely N-dealkylation sites (tertiary alicyclic amines) is 1. The van der Waals surface area contributed by atoms with Gasteiger partial charge in [-0.05, 0) is 67.3 Å². The van der Waals surface area contributed by atoms with Gasteiger partial charge in [0.25, 0.3) is 5.91 Å². The Hall–Kier alpha value is -3.35. The number of rotatable bonds is 7. The zero-order valence-electron chi connectivity index (χ0n) is 23.5. The van der Waals surface area contributed by atoms with Gasteiger partial charge in [0.15, 0.2) is 0 Å². The molecule has 2 aromatic carbocycles. The highest BCUT2D eigenvalue weighted by Gasteiger charge is 2.54. The van der Waals surface area contributed by atoms with Gasteiger partial charge in [-0.3, -0.25) is 14.4 Å². The molecule has 2 aliphatic rings. The second-order valence-electron chi connectivity index (χ2n) is 12.3. The second-order valence-corrected chi connectivity index (χ2v) is 12.3. The van der Waals surface area contributed by atoms with Crippen LogP contribution in [0, 0.1) is 18.3 Å². The summed E-state index contributed by atoms with van der Waals surface area (Å²) in [7, 11) is 0. The predicted octanol–water partition coefficient (Wildman–Crippen LogP) is 5.06. The Morgan fingerprint density at radius 3 is 2.34 bits per heavy atom. The van der Waals surface area contributed by atoms with Gasteiger partial charge in [-0.1, -0.05) is 58.0 Å². The van der Waals surface area contributed by atoms with Crippen molar-refractivity contribution in [2.24, 2.45) is 11.3 Å². The third kappa shape index (κ3) is 6.37. The molecule has 0 radical (unpaired) electrons. The first-order valence-electron chi connectivity index (χ1n) is 13.7. The van der Waals surface area contributed by atoms with E-state index in [1.807, 2.05) is 66.4 Å². The highest BCUT2D eigenvalue weighted by molar-refractivity contribution is 5.99. The zero-order chi connectivity index (χ0) is 27.5. The number of nitrogens with zero attached hydrogens (tertiary/aromatic N) is 3. The van der Waals surface area contributed by atoms with Crippen molar-refractivity contribution >= 4 is 29.1 Å². The Kier molecular flexibility index (Phi) is 8.14. The Balaban J connectivity index is 1.46. The summed E-state index contributed by atoms with van der Waals surface area (Å²) in [6, 6.07) is 17.6. The number of nitrogens with one attached hydrogen (secondary N) is 1. The third-order valence-electron chi connectivity index (χ3n) is 7.65. The van der Waals surface area contributed by atoms with E-state index in [1.54, 1.807) is 4.90 Å². The van der Waals surface area contributed by atoms with Crippen molar-refractivity contribution in [1.29, 1.82) is 0 Å².